The van der Waals surface area contributed by atoms with Crippen LogP contribution in [0, 0.1) is 6.92 Å². The van der Waals surface area contributed by atoms with Crippen LogP contribution in [0.4, 0.5) is 0 Å². The second-order valence-corrected chi connectivity index (χ2v) is 6.17. The first-order valence-corrected chi connectivity index (χ1v) is 8.39. The highest BCUT2D eigenvalue weighted by atomic mass is 35.5. The maximum Gasteiger partial charge on any atom is 0.251 e. The minimum absolute atomic E-state index is 0.000130. The molecule has 0 spiro atoms. The number of benzene rings is 2. The average molecular weight is 352 g/mol. The smallest absolute Gasteiger partial charge is 0.251 e. The van der Waals surface area contributed by atoms with Crippen LogP contribution in [0.15, 0.2) is 67.0 Å². The second kappa shape index (κ2) is 7.90. The molecule has 0 aliphatic heterocycles. The lowest BCUT2D eigenvalue weighted by Crippen LogP contribution is -2.29. The molecular formula is C20H18ClN3O. The Morgan fingerprint density at radius 2 is 1.84 bits per heavy atom. The van der Waals surface area contributed by atoms with Crippen LogP contribution in [0.25, 0.3) is 0 Å². The molecule has 1 aromatic heterocycles. The van der Waals surface area contributed by atoms with E-state index in [1.54, 1.807) is 30.6 Å². The zero-order valence-electron chi connectivity index (χ0n) is 13.8. The van der Waals surface area contributed by atoms with Gasteiger partial charge in [-0.1, -0.05) is 48.0 Å². The monoisotopic (exact) mass is 351 g/mol. The van der Waals surface area contributed by atoms with Crippen molar-refractivity contribution in [3.63, 3.8) is 0 Å². The molecule has 1 heterocycles. The maximum absolute atomic E-state index is 12.6. The maximum atomic E-state index is 12.6. The van der Waals surface area contributed by atoms with Crippen LogP contribution in [-0.4, -0.2) is 22.6 Å². The van der Waals surface area contributed by atoms with Crippen molar-refractivity contribution in [2.45, 2.75) is 12.8 Å². The molecule has 25 heavy (non-hydrogen) atoms. The van der Waals surface area contributed by atoms with E-state index < -0.39 is 0 Å². The predicted molar refractivity (Wildman–Crippen MR) is 98.8 cm³/mol. The summed E-state index contributed by atoms with van der Waals surface area (Å²) in [6.45, 7) is 2.30. The molecule has 1 amide bonds. The van der Waals surface area contributed by atoms with E-state index in [2.05, 4.69) is 15.5 Å². The molecule has 126 valence electrons. The van der Waals surface area contributed by atoms with E-state index in [1.807, 2.05) is 43.3 Å². The summed E-state index contributed by atoms with van der Waals surface area (Å²) in [4.78, 5) is 12.6. The Balaban J connectivity index is 1.82. The fourth-order valence-electron chi connectivity index (χ4n) is 2.76. The van der Waals surface area contributed by atoms with Gasteiger partial charge in [0.2, 0.25) is 0 Å². The average Bonchev–Trinajstić information content (AvgIpc) is 2.66. The largest absolute Gasteiger partial charge is 0.351 e. The number of nitrogens with one attached hydrogen (secondary N) is 1. The summed E-state index contributed by atoms with van der Waals surface area (Å²) in [6, 6.07) is 17.3. The summed E-state index contributed by atoms with van der Waals surface area (Å²) >= 11 is 6.12. The van der Waals surface area contributed by atoms with Crippen molar-refractivity contribution in [3.05, 3.63) is 94.3 Å². The fourth-order valence-corrected chi connectivity index (χ4v) is 2.94. The molecule has 0 fully saturated rings. The molecule has 0 aliphatic carbocycles. The number of hydrogen-bond donors (Lipinski definition) is 1. The van der Waals surface area contributed by atoms with E-state index in [0.29, 0.717) is 17.1 Å². The van der Waals surface area contributed by atoms with Crippen molar-refractivity contribution >= 4 is 17.5 Å². The van der Waals surface area contributed by atoms with Crippen LogP contribution < -0.4 is 5.32 Å². The Kier molecular flexibility index (Phi) is 5.41. The van der Waals surface area contributed by atoms with Crippen LogP contribution in [0.3, 0.4) is 0 Å². The number of carbonyl (C=O) groups is 1. The minimum atomic E-state index is -0.136. The van der Waals surface area contributed by atoms with Gasteiger partial charge in [0.1, 0.15) is 0 Å². The number of halogens is 1. The highest BCUT2D eigenvalue weighted by molar-refractivity contribution is 6.31. The fraction of sp³-hybridized carbons (Fsp3) is 0.150. The van der Waals surface area contributed by atoms with Crippen molar-refractivity contribution in [3.8, 4) is 0 Å². The molecule has 0 bridgehead atoms. The molecule has 1 atom stereocenters. The summed E-state index contributed by atoms with van der Waals surface area (Å²) in [6.07, 6.45) is 3.39. The molecule has 0 saturated carbocycles. The van der Waals surface area contributed by atoms with Crippen molar-refractivity contribution in [2.75, 3.05) is 6.54 Å². The predicted octanol–water partition coefficient (Wildman–Crippen LogP) is 4.00. The molecule has 3 rings (SSSR count). The zero-order chi connectivity index (χ0) is 17.6. The Morgan fingerprint density at radius 3 is 2.56 bits per heavy atom. The Hall–Kier alpha value is -2.72. The summed E-state index contributed by atoms with van der Waals surface area (Å²) in [5.74, 6) is -0.136. The zero-order valence-corrected chi connectivity index (χ0v) is 14.6. The van der Waals surface area contributed by atoms with Crippen molar-refractivity contribution in [1.82, 2.24) is 15.5 Å². The van der Waals surface area contributed by atoms with Crippen molar-refractivity contribution in [1.29, 1.82) is 0 Å². The molecule has 0 aliphatic rings. The lowest BCUT2D eigenvalue weighted by molar-refractivity contribution is 0.0952. The lowest BCUT2D eigenvalue weighted by Gasteiger charge is -2.18. The molecule has 0 radical (unpaired) electrons. The second-order valence-electron chi connectivity index (χ2n) is 5.76. The van der Waals surface area contributed by atoms with Gasteiger partial charge in [0.05, 0.1) is 6.20 Å². The van der Waals surface area contributed by atoms with Crippen molar-refractivity contribution in [2.24, 2.45) is 0 Å². The molecule has 2 aromatic carbocycles. The van der Waals surface area contributed by atoms with E-state index in [1.165, 1.54) is 0 Å². The third-order valence-corrected chi connectivity index (χ3v) is 4.60. The van der Waals surface area contributed by atoms with Crippen LogP contribution in [0.1, 0.15) is 33.0 Å². The highest BCUT2D eigenvalue weighted by Crippen LogP contribution is 2.23. The van der Waals surface area contributed by atoms with Gasteiger partial charge in [-0.05, 0) is 41.8 Å². The third kappa shape index (κ3) is 4.03. The lowest BCUT2D eigenvalue weighted by atomic mass is 9.92. The minimum Gasteiger partial charge on any atom is -0.351 e. The van der Waals surface area contributed by atoms with Crippen LogP contribution in [0.2, 0.25) is 5.02 Å². The Bertz CT molecular complexity index is 814. The summed E-state index contributed by atoms with van der Waals surface area (Å²) in [5, 5.41) is 11.4. The van der Waals surface area contributed by atoms with Crippen LogP contribution in [-0.2, 0) is 0 Å². The van der Waals surface area contributed by atoms with Gasteiger partial charge in [-0.25, -0.2) is 0 Å². The van der Waals surface area contributed by atoms with Gasteiger partial charge in [0.25, 0.3) is 5.91 Å². The molecule has 0 saturated heterocycles. The Labute approximate surface area is 151 Å². The first-order chi connectivity index (χ1) is 12.2. The molecule has 3 aromatic rings. The van der Waals surface area contributed by atoms with Gasteiger partial charge in [-0.15, -0.1) is 0 Å². The quantitative estimate of drug-likeness (QED) is 0.755. The number of hydrogen-bond acceptors (Lipinski definition) is 3. The molecule has 1 unspecified atom stereocenters. The van der Waals surface area contributed by atoms with Crippen molar-refractivity contribution < 1.29 is 4.79 Å². The summed E-state index contributed by atoms with van der Waals surface area (Å²) < 4.78 is 0. The first-order valence-electron chi connectivity index (χ1n) is 8.01. The number of carbonyl (C=O) groups excluding carboxylic acids is 1. The normalized spacial score (nSPS) is 11.8. The number of nitrogens with zero attached hydrogens (tertiary/aromatic N) is 2. The van der Waals surface area contributed by atoms with Gasteiger partial charge in [0, 0.05) is 29.2 Å². The molecule has 5 heteroatoms. The van der Waals surface area contributed by atoms with E-state index in [-0.39, 0.29) is 11.8 Å². The molecule has 4 nitrogen and oxygen atoms in total. The van der Waals surface area contributed by atoms with Crippen LogP contribution in [0.5, 0.6) is 0 Å². The van der Waals surface area contributed by atoms with Gasteiger partial charge in [0.15, 0.2) is 0 Å². The SMILES string of the molecule is Cc1c(Cl)cccc1C(=O)NCC(c1ccccc1)c1ccnnc1. The topological polar surface area (TPSA) is 54.9 Å². The van der Waals surface area contributed by atoms with E-state index >= 15 is 0 Å². The van der Waals surface area contributed by atoms with Gasteiger partial charge in [-0.2, -0.15) is 10.2 Å². The van der Waals surface area contributed by atoms with E-state index in [0.717, 1.165) is 16.7 Å². The third-order valence-electron chi connectivity index (χ3n) is 4.19. The number of aromatic nitrogens is 2. The Morgan fingerprint density at radius 1 is 1.04 bits per heavy atom. The molecular weight excluding hydrogens is 334 g/mol. The van der Waals surface area contributed by atoms with Gasteiger partial charge >= 0.3 is 0 Å². The number of rotatable bonds is 5. The first kappa shape index (κ1) is 17.1. The van der Waals surface area contributed by atoms with Crippen LogP contribution >= 0.6 is 11.6 Å². The molecule has 1 N–H and O–H groups in total. The highest BCUT2D eigenvalue weighted by Gasteiger charge is 2.17. The summed E-state index contributed by atoms with van der Waals surface area (Å²) in [5.41, 5.74) is 3.48. The summed E-state index contributed by atoms with van der Waals surface area (Å²) in [7, 11) is 0. The standard InChI is InChI=1S/C20H18ClN3O/c1-14-17(8-5-9-19(14)21)20(25)22-13-18(15-6-3-2-4-7-15)16-10-11-23-24-12-16/h2-12,18H,13H2,1H3,(H,22,25). The van der Waals surface area contributed by atoms with E-state index in [4.69, 9.17) is 11.6 Å². The number of amides is 1. The van der Waals surface area contributed by atoms with Gasteiger partial charge in [-0.3, -0.25) is 4.79 Å². The van der Waals surface area contributed by atoms with Gasteiger partial charge < -0.3 is 5.32 Å². The van der Waals surface area contributed by atoms with E-state index in [9.17, 15) is 4.79 Å².